The van der Waals surface area contributed by atoms with Gasteiger partial charge in [0.25, 0.3) is 0 Å². The summed E-state index contributed by atoms with van der Waals surface area (Å²) in [6.45, 7) is 5.52. The molecule has 0 saturated carbocycles. The molecule has 3 nitrogen and oxygen atoms in total. The fourth-order valence-electron chi connectivity index (χ4n) is 10.1. The summed E-state index contributed by atoms with van der Waals surface area (Å²) in [7, 11) is 0. The van der Waals surface area contributed by atoms with Crippen molar-refractivity contribution in [1.29, 1.82) is 0 Å². The zero-order chi connectivity index (χ0) is 40.0. The van der Waals surface area contributed by atoms with E-state index in [1.54, 1.807) is 0 Å². The molecule has 9 aromatic carbocycles. The van der Waals surface area contributed by atoms with E-state index < -0.39 is 0 Å². The van der Waals surface area contributed by atoms with E-state index in [1.165, 1.54) is 49.8 Å². The number of anilines is 2. The maximum absolute atomic E-state index is 6.52. The maximum atomic E-state index is 6.52. The Balaban J connectivity index is 0.945. The molecular formula is C57H41NO2. The van der Waals surface area contributed by atoms with Gasteiger partial charge in [-0.2, -0.15) is 0 Å². The van der Waals surface area contributed by atoms with Crippen molar-refractivity contribution in [1.82, 2.24) is 0 Å². The predicted octanol–water partition coefficient (Wildman–Crippen LogP) is 15.7. The summed E-state index contributed by atoms with van der Waals surface area (Å²) >= 11 is 0. The third kappa shape index (κ3) is 5.29. The normalized spacial score (nSPS) is 13.1. The molecule has 0 radical (unpaired) electrons. The minimum absolute atomic E-state index is 0.0997. The minimum atomic E-state index is -0.0997. The predicted molar refractivity (Wildman–Crippen MR) is 251 cm³/mol. The second kappa shape index (κ2) is 13.3. The topological polar surface area (TPSA) is 29.5 Å². The van der Waals surface area contributed by atoms with Crippen molar-refractivity contribution < 1.29 is 8.83 Å². The van der Waals surface area contributed by atoms with E-state index in [0.717, 1.165) is 79.2 Å². The van der Waals surface area contributed by atoms with Crippen LogP contribution < -0.4 is 4.90 Å². The molecule has 0 amide bonds. The maximum Gasteiger partial charge on any atom is 0.143 e. The Labute approximate surface area is 348 Å². The lowest BCUT2D eigenvalue weighted by atomic mass is 9.82. The van der Waals surface area contributed by atoms with Crippen LogP contribution >= 0.6 is 0 Å². The molecule has 0 saturated heterocycles. The van der Waals surface area contributed by atoms with E-state index in [1.807, 2.05) is 18.2 Å². The highest BCUT2D eigenvalue weighted by Crippen LogP contribution is 2.50. The van der Waals surface area contributed by atoms with Crippen LogP contribution in [0.15, 0.2) is 197 Å². The van der Waals surface area contributed by atoms with Crippen molar-refractivity contribution in [2.24, 2.45) is 0 Å². The van der Waals surface area contributed by atoms with Crippen molar-refractivity contribution in [3.8, 4) is 33.4 Å². The molecule has 3 heteroatoms. The first-order valence-electron chi connectivity index (χ1n) is 21.0. The molecule has 0 unspecified atom stereocenters. The molecular weight excluding hydrogens is 731 g/mol. The molecule has 286 valence electrons. The third-order valence-corrected chi connectivity index (χ3v) is 13.1. The van der Waals surface area contributed by atoms with Gasteiger partial charge < -0.3 is 13.7 Å². The van der Waals surface area contributed by atoms with Crippen molar-refractivity contribution in [2.45, 2.75) is 25.7 Å². The second-order valence-electron chi connectivity index (χ2n) is 16.7. The van der Waals surface area contributed by atoms with Crippen LogP contribution in [0, 0.1) is 0 Å². The largest absolute Gasteiger partial charge is 0.455 e. The molecule has 2 heterocycles. The van der Waals surface area contributed by atoms with E-state index in [2.05, 4.69) is 189 Å². The molecule has 11 aromatic rings. The molecule has 0 N–H and O–H groups in total. The van der Waals surface area contributed by atoms with Gasteiger partial charge in [-0.1, -0.05) is 166 Å². The number of para-hydroxylation sites is 4. The molecule has 0 atom stereocenters. The molecule has 60 heavy (non-hydrogen) atoms. The van der Waals surface area contributed by atoms with E-state index in [9.17, 15) is 0 Å². The van der Waals surface area contributed by atoms with E-state index in [4.69, 9.17) is 8.83 Å². The van der Waals surface area contributed by atoms with Gasteiger partial charge in [0.1, 0.15) is 22.3 Å². The average molecular weight is 772 g/mol. The summed E-state index contributed by atoms with van der Waals surface area (Å²) in [5.41, 5.74) is 17.2. The Morgan fingerprint density at radius 2 is 0.933 bits per heavy atom. The van der Waals surface area contributed by atoms with Gasteiger partial charge in [0.15, 0.2) is 0 Å². The Kier molecular flexibility index (Phi) is 7.71. The number of fused-ring (bicyclic) bond motifs is 10. The number of hydrogen-bond donors (Lipinski definition) is 0. The van der Waals surface area contributed by atoms with Crippen LogP contribution in [0.1, 0.15) is 30.5 Å². The highest BCUT2D eigenvalue weighted by molar-refractivity contribution is 6.13. The van der Waals surface area contributed by atoms with Crippen LogP contribution in [-0.4, -0.2) is 6.54 Å². The number of hydrogen-bond acceptors (Lipinski definition) is 3. The third-order valence-electron chi connectivity index (χ3n) is 13.1. The molecule has 0 aliphatic heterocycles. The zero-order valence-corrected chi connectivity index (χ0v) is 33.6. The number of rotatable bonds is 7. The Hall–Kier alpha value is -7.36. The van der Waals surface area contributed by atoms with E-state index in [0.29, 0.717) is 0 Å². The fraction of sp³-hybridized carbons (Fsp3) is 0.0877. The summed E-state index contributed by atoms with van der Waals surface area (Å²) in [6.07, 6.45) is 0.858. The molecule has 0 bridgehead atoms. The fourth-order valence-corrected chi connectivity index (χ4v) is 10.1. The summed E-state index contributed by atoms with van der Waals surface area (Å²) in [5.74, 6) is 0. The Morgan fingerprint density at radius 3 is 1.67 bits per heavy atom. The van der Waals surface area contributed by atoms with Crippen LogP contribution in [0.5, 0.6) is 0 Å². The summed E-state index contributed by atoms with van der Waals surface area (Å²) < 4.78 is 13.0. The Morgan fingerprint density at radius 1 is 0.400 bits per heavy atom. The van der Waals surface area contributed by atoms with Crippen molar-refractivity contribution in [2.75, 3.05) is 11.4 Å². The smallest absolute Gasteiger partial charge is 0.143 e. The van der Waals surface area contributed by atoms with Crippen LogP contribution in [0.4, 0.5) is 11.4 Å². The van der Waals surface area contributed by atoms with Gasteiger partial charge in [0.05, 0.1) is 0 Å². The molecule has 2 aromatic heterocycles. The quantitative estimate of drug-likeness (QED) is 0.162. The Bertz CT molecular complexity index is 3470. The summed E-state index contributed by atoms with van der Waals surface area (Å²) in [5, 5.41) is 7.08. The van der Waals surface area contributed by atoms with Gasteiger partial charge in [-0.25, -0.2) is 0 Å². The van der Waals surface area contributed by atoms with E-state index >= 15 is 0 Å². The second-order valence-corrected chi connectivity index (χ2v) is 16.7. The van der Waals surface area contributed by atoms with Crippen LogP contribution in [0.3, 0.4) is 0 Å². The first kappa shape index (κ1) is 34.7. The highest BCUT2D eigenvalue weighted by atomic mass is 16.3. The number of furan rings is 2. The van der Waals surface area contributed by atoms with Crippen LogP contribution in [0.25, 0.3) is 88.0 Å². The number of nitrogens with zero attached hydrogens (tertiary/aromatic N) is 1. The molecule has 12 rings (SSSR count). The van der Waals surface area contributed by atoms with Crippen molar-refractivity contribution in [3.63, 3.8) is 0 Å². The molecule has 0 spiro atoms. The van der Waals surface area contributed by atoms with Gasteiger partial charge in [-0.3, -0.25) is 0 Å². The lowest BCUT2D eigenvalue weighted by Gasteiger charge is -2.28. The van der Waals surface area contributed by atoms with Crippen LogP contribution in [0.2, 0.25) is 0 Å². The lowest BCUT2D eigenvalue weighted by Crippen LogP contribution is -2.21. The van der Waals surface area contributed by atoms with Gasteiger partial charge in [-0.15, -0.1) is 0 Å². The molecule has 1 aliphatic rings. The first-order chi connectivity index (χ1) is 29.5. The SMILES string of the molecule is CC1(C)c2ccccc2-c2ccc(N(CCc3ccc(-c4cccc5c4oc4ccccc45)c4ccccc34)c3ccc(-c4cccc5c4oc4ccccc45)cc3)cc21. The molecule has 0 fully saturated rings. The summed E-state index contributed by atoms with van der Waals surface area (Å²) in [6, 6.07) is 68.1. The standard InChI is InChI=1S/C57H41NO2/c1-57(2)51-22-8-5-15-44(51)45-32-30-39(35-52(45)57)58(38-28-25-36(26-29-38)41-18-11-20-49-46-16-6-9-23-53(46)59-55(41)49)34-33-37-27-31-43(42-14-4-3-13-40(37)42)48-19-12-21-50-47-17-7-10-24-54(47)60-56(48)50/h3-32,35H,33-34H2,1-2H3. The van der Waals surface area contributed by atoms with Gasteiger partial charge >= 0.3 is 0 Å². The number of benzene rings is 9. The van der Waals surface area contributed by atoms with Gasteiger partial charge in [0, 0.05) is 56.0 Å². The van der Waals surface area contributed by atoms with Gasteiger partial charge in [0.2, 0.25) is 0 Å². The van der Waals surface area contributed by atoms with Crippen molar-refractivity contribution >= 4 is 66.0 Å². The van der Waals surface area contributed by atoms with Crippen molar-refractivity contribution in [3.05, 3.63) is 205 Å². The van der Waals surface area contributed by atoms with E-state index in [-0.39, 0.29) is 5.41 Å². The highest BCUT2D eigenvalue weighted by Gasteiger charge is 2.35. The average Bonchev–Trinajstić information content (AvgIpc) is 3.95. The lowest BCUT2D eigenvalue weighted by molar-refractivity contribution is 0.660. The summed E-state index contributed by atoms with van der Waals surface area (Å²) in [4.78, 5) is 2.50. The van der Waals surface area contributed by atoms with Gasteiger partial charge in [-0.05, 0) is 92.5 Å². The monoisotopic (exact) mass is 771 g/mol. The van der Waals surface area contributed by atoms with Crippen LogP contribution in [-0.2, 0) is 11.8 Å². The first-order valence-corrected chi connectivity index (χ1v) is 21.0. The zero-order valence-electron chi connectivity index (χ0n) is 33.6. The molecule has 1 aliphatic carbocycles. The minimum Gasteiger partial charge on any atom is -0.455 e.